The summed E-state index contributed by atoms with van der Waals surface area (Å²) in [6.45, 7) is 2.29. The van der Waals surface area contributed by atoms with E-state index in [1.165, 1.54) is 4.88 Å². The molecule has 0 aliphatic carbocycles. The smallest absolute Gasteiger partial charge is 0.167 e. The number of nitrogen functional groups attached to an aromatic ring is 1. The molecule has 0 atom stereocenters. The Morgan fingerprint density at radius 2 is 1.89 bits per heavy atom. The van der Waals surface area contributed by atoms with E-state index in [0.717, 1.165) is 23.4 Å². The van der Waals surface area contributed by atoms with Crippen molar-refractivity contribution in [2.75, 3.05) is 5.73 Å². The quantitative estimate of drug-likeness (QED) is 0.858. The highest BCUT2D eigenvalue weighted by molar-refractivity contribution is 7.11. The third-order valence-corrected chi connectivity index (χ3v) is 3.69. The average molecular weight is 269 g/mol. The van der Waals surface area contributed by atoms with Crippen molar-refractivity contribution in [2.24, 2.45) is 0 Å². The Kier molecular flexibility index (Phi) is 3.81. The van der Waals surface area contributed by atoms with E-state index in [0.29, 0.717) is 0 Å². The summed E-state index contributed by atoms with van der Waals surface area (Å²) in [5, 5.41) is 0. The predicted molar refractivity (Wildman–Crippen MR) is 68.8 cm³/mol. The molecule has 0 fully saturated rings. The van der Waals surface area contributed by atoms with Crippen molar-refractivity contribution in [3.63, 3.8) is 0 Å². The van der Waals surface area contributed by atoms with Crippen molar-refractivity contribution >= 4 is 17.0 Å². The van der Waals surface area contributed by atoms with Crippen molar-refractivity contribution in [1.82, 2.24) is 0 Å². The molecule has 0 saturated carbocycles. The van der Waals surface area contributed by atoms with Crippen LogP contribution in [0.4, 0.5) is 14.5 Å². The standard InChI is InChI=1S/C13H13F2NOS/c1-2-8-3-4-9(18-8)7-17-13-6-10(14)12(16)5-11(13)15/h3-6H,2,7,16H2,1H3. The Morgan fingerprint density at radius 3 is 2.56 bits per heavy atom. The number of aryl methyl sites for hydroxylation is 1. The minimum absolute atomic E-state index is 0.117. The topological polar surface area (TPSA) is 35.2 Å². The molecule has 96 valence electrons. The van der Waals surface area contributed by atoms with Gasteiger partial charge in [0.1, 0.15) is 12.4 Å². The molecule has 0 saturated heterocycles. The van der Waals surface area contributed by atoms with Gasteiger partial charge >= 0.3 is 0 Å². The molecule has 2 nitrogen and oxygen atoms in total. The number of halogens is 2. The minimum Gasteiger partial charge on any atom is -0.485 e. The molecule has 0 amide bonds. The van der Waals surface area contributed by atoms with Crippen LogP contribution >= 0.6 is 11.3 Å². The molecule has 0 unspecified atom stereocenters. The second-order valence-electron chi connectivity index (χ2n) is 3.81. The zero-order valence-corrected chi connectivity index (χ0v) is 10.7. The molecule has 1 aromatic heterocycles. The second kappa shape index (κ2) is 5.35. The molecule has 1 heterocycles. The van der Waals surface area contributed by atoms with Crippen molar-refractivity contribution in [1.29, 1.82) is 0 Å². The number of benzene rings is 1. The molecule has 2 rings (SSSR count). The van der Waals surface area contributed by atoms with Gasteiger partial charge in [0.15, 0.2) is 11.6 Å². The van der Waals surface area contributed by atoms with Crippen LogP contribution in [0.5, 0.6) is 5.75 Å². The summed E-state index contributed by atoms with van der Waals surface area (Å²) < 4.78 is 31.9. The molecule has 2 aromatic rings. The van der Waals surface area contributed by atoms with Gasteiger partial charge in [-0.1, -0.05) is 6.92 Å². The molecule has 0 spiro atoms. The summed E-state index contributed by atoms with van der Waals surface area (Å²) in [5.41, 5.74) is 5.03. The summed E-state index contributed by atoms with van der Waals surface area (Å²) in [6, 6.07) is 5.83. The van der Waals surface area contributed by atoms with Gasteiger partial charge in [-0.05, 0) is 18.6 Å². The Morgan fingerprint density at radius 1 is 1.17 bits per heavy atom. The molecule has 5 heteroatoms. The van der Waals surface area contributed by atoms with Crippen LogP contribution in [0.25, 0.3) is 0 Å². The van der Waals surface area contributed by atoms with Crippen LogP contribution in [0.15, 0.2) is 24.3 Å². The summed E-state index contributed by atoms with van der Waals surface area (Å²) in [7, 11) is 0. The van der Waals surface area contributed by atoms with Gasteiger partial charge in [-0.15, -0.1) is 11.3 Å². The van der Waals surface area contributed by atoms with Crippen LogP contribution in [-0.2, 0) is 13.0 Å². The van der Waals surface area contributed by atoms with Crippen LogP contribution in [0, 0.1) is 11.6 Å². The lowest BCUT2D eigenvalue weighted by atomic mass is 10.3. The second-order valence-corrected chi connectivity index (χ2v) is 5.07. The highest BCUT2D eigenvalue weighted by atomic mass is 32.1. The van der Waals surface area contributed by atoms with Crippen LogP contribution in [-0.4, -0.2) is 0 Å². The van der Waals surface area contributed by atoms with Gasteiger partial charge in [-0.25, -0.2) is 8.78 Å². The number of hydrogen-bond donors (Lipinski definition) is 1. The monoisotopic (exact) mass is 269 g/mol. The maximum atomic E-state index is 13.4. The van der Waals surface area contributed by atoms with Gasteiger partial charge in [0.25, 0.3) is 0 Å². The number of hydrogen-bond acceptors (Lipinski definition) is 3. The zero-order valence-electron chi connectivity index (χ0n) is 9.87. The van der Waals surface area contributed by atoms with E-state index in [-0.39, 0.29) is 18.0 Å². The van der Waals surface area contributed by atoms with Crippen molar-refractivity contribution in [3.05, 3.63) is 45.7 Å². The molecule has 1 aromatic carbocycles. The van der Waals surface area contributed by atoms with Gasteiger partial charge in [0, 0.05) is 21.9 Å². The highest BCUT2D eigenvalue weighted by Crippen LogP contribution is 2.25. The van der Waals surface area contributed by atoms with Crippen molar-refractivity contribution in [2.45, 2.75) is 20.0 Å². The maximum absolute atomic E-state index is 13.4. The van der Waals surface area contributed by atoms with Crippen LogP contribution < -0.4 is 10.5 Å². The average Bonchev–Trinajstić information content (AvgIpc) is 2.80. The van der Waals surface area contributed by atoms with E-state index in [2.05, 4.69) is 6.92 Å². The highest BCUT2D eigenvalue weighted by Gasteiger charge is 2.09. The van der Waals surface area contributed by atoms with Crippen LogP contribution in [0.3, 0.4) is 0 Å². The Hall–Kier alpha value is -1.62. The largest absolute Gasteiger partial charge is 0.485 e. The van der Waals surface area contributed by atoms with Gasteiger partial charge in [0.2, 0.25) is 0 Å². The van der Waals surface area contributed by atoms with E-state index in [4.69, 9.17) is 10.5 Å². The lowest BCUT2D eigenvalue weighted by Crippen LogP contribution is -1.99. The minimum atomic E-state index is -0.674. The van der Waals surface area contributed by atoms with E-state index in [1.807, 2.05) is 12.1 Å². The number of thiophene rings is 1. The molecule has 0 aliphatic rings. The summed E-state index contributed by atoms with van der Waals surface area (Å²) in [4.78, 5) is 2.21. The first-order valence-electron chi connectivity index (χ1n) is 5.55. The van der Waals surface area contributed by atoms with Crippen LogP contribution in [0.2, 0.25) is 0 Å². The molecule has 0 bridgehead atoms. The van der Waals surface area contributed by atoms with Gasteiger partial charge < -0.3 is 10.5 Å². The first-order chi connectivity index (χ1) is 8.60. The fraction of sp³-hybridized carbons (Fsp3) is 0.231. The van der Waals surface area contributed by atoms with Gasteiger partial charge in [0.05, 0.1) is 5.69 Å². The SMILES string of the molecule is CCc1ccc(COc2cc(F)c(N)cc2F)s1. The Bertz CT molecular complexity index is 554. The fourth-order valence-corrected chi connectivity index (χ4v) is 2.36. The molecule has 2 N–H and O–H groups in total. The van der Waals surface area contributed by atoms with E-state index in [1.54, 1.807) is 11.3 Å². The lowest BCUT2D eigenvalue weighted by molar-refractivity contribution is 0.292. The summed E-state index contributed by atoms with van der Waals surface area (Å²) in [6.07, 6.45) is 0.954. The fourth-order valence-electron chi connectivity index (χ4n) is 1.49. The van der Waals surface area contributed by atoms with Crippen LogP contribution in [0.1, 0.15) is 16.7 Å². The van der Waals surface area contributed by atoms with Gasteiger partial charge in [-0.3, -0.25) is 0 Å². The summed E-state index contributed by atoms with van der Waals surface area (Å²) >= 11 is 1.60. The van der Waals surface area contributed by atoms with E-state index >= 15 is 0 Å². The maximum Gasteiger partial charge on any atom is 0.167 e. The van der Waals surface area contributed by atoms with E-state index < -0.39 is 11.6 Å². The first-order valence-corrected chi connectivity index (χ1v) is 6.36. The molecule has 0 aliphatic heterocycles. The lowest BCUT2D eigenvalue weighted by Gasteiger charge is -2.07. The third-order valence-electron chi connectivity index (χ3n) is 2.49. The first kappa shape index (κ1) is 12.8. The molecule has 0 radical (unpaired) electrons. The van der Waals surface area contributed by atoms with Crippen molar-refractivity contribution < 1.29 is 13.5 Å². The van der Waals surface area contributed by atoms with Gasteiger partial charge in [-0.2, -0.15) is 0 Å². The predicted octanol–water partition coefficient (Wildman–Crippen LogP) is 3.75. The molecular weight excluding hydrogens is 256 g/mol. The normalized spacial score (nSPS) is 10.6. The number of ether oxygens (including phenoxy) is 1. The number of rotatable bonds is 4. The third kappa shape index (κ3) is 2.79. The molecule has 18 heavy (non-hydrogen) atoms. The zero-order chi connectivity index (χ0) is 13.1. The van der Waals surface area contributed by atoms with Crippen molar-refractivity contribution in [3.8, 4) is 5.75 Å². The number of nitrogens with two attached hydrogens (primary N) is 1. The number of anilines is 1. The Labute approximate surface area is 108 Å². The molecular formula is C13H13F2NOS. The summed E-state index contributed by atoms with van der Waals surface area (Å²) in [5.74, 6) is -1.44. The Balaban J connectivity index is 2.08. The van der Waals surface area contributed by atoms with E-state index in [9.17, 15) is 8.78 Å².